The fourth-order valence-corrected chi connectivity index (χ4v) is 3.75. The third kappa shape index (κ3) is 4.83. The second-order valence-corrected chi connectivity index (χ2v) is 7.32. The molecule has 0 saturated heterocycles. The maximum atomic E-state index is 12.0. The lowest BCUT2D eigenvalue weighted by molar-refractivity contribution is -0.116. The summed E-state index contributed by atoms with van der Waals surface area (Å²) in [6, 6.07) is 9.30. The van der Waals surface area contributed by atoms with Crippen molar-refractivity contribution in [2.24, 2.45) is 0 Å². The third-order valence-corrected chi connectivity index (χ3v) is 5.26. The number of amides is 2. The number of nitrogens with zero attached hydrogens (tertiary/aromatic N) is 4. The van der Waals surface area contributed by atoms with E-state index in [1.807, 2.05) is 37.3 Å². The fraction of sp³-hybridized carbons (Fsp3) is 0.167. The molecular formula is C18H17N5O2S2. The number of anilines is 3. The molecule has 1 aromatic carbocycles. The van der Waals surface area contributed by atoms with Gasteiger partial charge in [0.1, 0.15) is 5.01 Å². The molecule has 3 aromatic rings. The van der Waals surface area contributed by atoms with Gasteiger partial charge in [-0.15, -0.1) is 21.5 Å². The summed E-state index contributed by atoms with van der Waals surface area (Å²) in [5.74, 6) is -0.443. The number of rotatable bonds is 6. The van der Waals surface area contributed by atoms with Crippen LogP contribution < -0.4 is 10.2 Å². The number of hydrogen-bond donors (Lipinski definition) is 1. The van der Waals surface area contributed by atoms with Crippen LogP contribution in [0.25, 0.3) is 6.08 Å². The Kier molecular flexibility index (Phi) is 6.05. The van der Waals surface area contributed by atoms with Crippen LogP contribution in [-0.4, -0.2) is 27.0 Å². The number of para-hydroxylation sites is 1. The highest BCUT2D eigenvalue weighted by atomic mass is 32.1. The quantitative estimate of drug-likeness (QED) is 0.635. The van der Waals surface area contributed by atoms with Gasteiger partial charge in [0.15, 0.2) is 5.13 Å². The van der Waals surface area contributed by atoms with Crippen LogP contribution in [0.15, 0.2) is 41.8 Å². The lowest BCUT2D eigenvalue weighted by Crippen LogP contribution is -2.22. The molecule has 9 heteroatoms. The Labute approximate surface area is 164 Å². The summed E-state index contributed by atoms with van der Waals surface area (Å²) in [5, 5.41) is 14.2. The van der Waals surface area contributed by atoms with E-state index < -0.39 is 0 Å². The zero-order valence-electron chi connectivity index (χ0n) is 14.7. The average molecular weight is 400 g/mol. The monoisotopic (exact) mass is 399 g/mol. The van der Waals surface area contributed by atoms with Crippen LogP contribution in [0.3, 0.4) is 0 Å². The van der Waals surface area contributed by atoms with E-state index >= 15 is 0 Å². The molecule has 7 nitrogen and oxygen atoms in total. The van der Waals surface area contributed by atoms with E-state index in [2.05, 4.69) is 20.5 Å². The number of thiazole rings is 1. The molecule has 0 atom stereocenters. The van der Waals surface area contributed by atoms with Gasteiger partial charge in [-0.1, -0.05) is 36.5 Å². The smallest absolute Gasteiger partial charge is 0.250 e. The van der Waals surface area contributed by atoms with Crippen molar-refractivity contribution >= 4 is 56.5 Å². The second-order valence-electron chi connectivity index (χ2n) is 5.42. The Morgan fingerprint density at radius 3 is 2.67 bits per heavy atom. The summed E-state index contributed by atoms with van der Waals surface area (Å²) in [6.07, 6.45) is 3.76. The Morgan fingerprint density at radius 2 is 2.00 bits per heavy atom. The van der Waals surface area contributed by atoms with Gasteiger partial charge in [0.2, 0.25) is 16.9 Å². The summed E-state index contributed by atoms with van der Waals surface area (Å²) >= 11 is 2.68. The zero-order chi connectivity index (χ0) is 19.2. The maximum Gasteiger partial charge on any atom is 0.250 e. The van der Waals surface area contributed by atoms with Crippen molar-refractivity contribution in [1.29, 1.82) is 0 Å². The van der Waals surface area contributed by atoms with Gasteiger partial charge in [-0.3, -0.25) is 19.8 Å². The zero-order valence-corrected chi connectivity index (χ0v) is 16.4. The van der Waals surface area contributed by atoms with E-state index in [0.29, 0.717) is 16.0 Å². The summed E-state index contributed by atoms with van der Waals surface area (Å²) in [4.78, 5) is 30.0. The molecule has 0 aliphatic heterocycles. The number of hydrogen-bond acceptors (Lipinski definition) is 7. The first-order valence-corrected chi connectivity index (χ1v) is 9.89. The molecule has 0 spiro atoms. The van der Waals surface area contributed by atoms with Crippen LogP contribution in [0.2, 0.25) is 0 Å². The molecule has 2 amide bonds. The SMILES string of the molecule is CCc1nnc(NC(=O)C=Cc2csc(N(C(C)=O)c3ccccc3)n2)s1. The molecular weight excluding hydrogens is 382 g/mol. The molecule has 2 aromatic heterocycles. The van der Waals surface area contributed by atoms with Gasteiger partial charge in [-0.2, -0.15) is 0 Å². The Morgan fingerprint density at radius 1 is 1.22 bits per heavy atom. The molecule has 2 heterocycles. The largest absolute Gasteiger partial charge is 0.297 e. The highest BCUT2D eigenvalue weighted by Crippen LogP contribution is 2.29. The first-order chi connectivity index (χ1) is 13.1. The first-order valence-electron chi connectivity index (χ1n) is 8.19. The lowest BCUT2D eigenvalue weighted by atomic mass is 10.3. The van der Waals surface area contributed by atoms with Crippen LogP contribution in [0.4, 0.5) is 16.0 Å². The summed E-state index contributed by atoms with van der Waals surface area (Å²) in [6.45, 7) is 3.47. The highest BCUT2D eigenvalue weighted by molar-refractivity contribution is 7.15. The van der Waals surface area contributed by atoms with Gasteiger partial charge < -0.3 is 0 Å². The molecule has 0 aliphatic rings. The van der Waals surface area contributed by atoms with Crippen molar-refractivity contribution in [2.45, 2.75) is 20.3 Å². The summed E-state index contributed by atoms with van der Waals surface area (Å²) in [5.41, 5.74) is 1.34. The molecule has 3 rings (SSSR count). The predicted octanol–water partition coefficient (Wildman–Crippen LogP) is 3.89. The van der Waals surface area contributed by atoms with Gasteiger partial charge in [-0.05, 0) is 24.6 Å². The van der Waals surface area contributed by atoms with Crippen molar-refractivity contribution in [3.8, 4) is 0 Å². The van der Waals surface area contributed by atoms with Crippen molar-refractivity contribution < 1.29 is 9.59 Å². The van der Waals surface area contributed by atoms with Crippen molar-refractivity contribution in [3.05, 3.63) is 52.5 Å². The van der Waals surface area contributed by atoms with Crippen LogP contribution in [-0.2, 0) is 16.0 Å². The highest BCUT2D eigenvalue weighted by Gasteiger charge is 2.17. The Bertz CT molecular complexity index is 965. The van der Waals surface area contributed by atoms with E-state index in [0.717, 1.165) is 17.1 Å². The maximum absolute atomic E-state index is 12.0. The summed E-state index contributed by atoms with van der Waals surface area (Å²) < 4.78 is 0. The normalized spacial score (nSPS) is 10.9. The standard InChI is InChI=1S/C18H17N5O2S2/c1-3-16-21-22-17(27-16)20-15(25)10-9-13-11-26-18(19-13)23(12(2)24)14-7-5-4-6-8-14/h4-11H,3H2,1-2H3,(H,20,22,25). The van der Waals surface area contributed by atoms with E-state index in [4.69, 9.17) is 0 Å². The van der Waals surface area contributed by atoms with Crippen LogP contribution in [0.1, 0.15) is 24.5 Å². The number of benzene rings is 1. The van der Waals surface area contributed by atoms with Crippen molar-refractivity contribution in [3.63, 3.8) is 0 Å². The Hall–Kier alpha value is -2.91. The minimum absolute atomic E-state index is 0.133. The minimum Gasteiger partial charge on any atom is -0.297 e. The lowest BCUT2D eigenvalue weighted by Gasteiger charge is -2.17. The van der Waals surface area contributed by atoms with Crippen LogP contribution >= 0.6 is 22.7 Å². The number of aryl methyl sites for hydroxylation is 1. The van der Waals surface area contributed by atoms with Crippen LogP contribution in [0, 0.1) is 0 Å². The van der Waals surface area contributed by atoms with E-state index in [1.165, 1.54) is 40.6 Å². The molecule has 0 fully saturated rings. The fourth-order valence-electron chi connectivity index (χ4n) is 2.21. The van der Waals surface area contributed by atoms with Gasteiger partial charge in [0, 0.05) is 18.4 Å². The van der Waals surface area contributed by atoms with Crippen LogP contribution in [0.5, 0.6) is 0 Å². The number of carbonyl (C=O) groups is 2. The van der Waals surface area contributed by atoms with Gasteiger partial charge in [0.25, 0.3) is 0 Å². The molecule has 0 aliphatic carbocycles. The Balaban J connectivity index is 1.70. The molecule has 0 radical (unpaired) electrons. The molecule has 0 unspecified atom stereocenters. The minimum atomic E-state index is -0.310. The van der Waals surface area contributed by atoms with Gasteiger partial charge in [-0.25, -0.2) is 4.98 Å². The van der Waals surface area contributed by atoms with Gasteiger partial charge in [0.05, 0.1) is 11.4 Å². The summed E-state index contributed by atoms with van der Waals surface area (Å²) in [7, 11) is 0. The van der Waals surface area contributed by atoms with E-state index in [-0.39, 0.29) is 11.8 Å². The third-order valence-electron chi connectivity index (χ3n) is 3.44. The van der Waals surface area contributed by atoms with E-state index in [9.17, 15) is 9.59 Å². The molecule has 1 N–H and O–H groups in total. The molecule has 138 valence electrons. The number of carbonyl (C=O) groups excluding carboxylic acids is 2. The van der Waals surface area contributed by atoms with E-state index in [1.54, 1.807) is 11.5 Å². The molecule has 27 heavy (non-hydrogen) atoms. The first kappa shape index (κ1) is 18.9. The number of nitrogens with one attached hydrogen (secondary N) is 1. The average Bonchev–Trinajstić information content (AvgIpc) is 3.30. The predicted molar refractivity (Wildman–Crippen MR) is 108 cm³/mol. The van der Waals surface area contributed by atoms with Crippen molar-refractivity contribution in [1.82, 2.24) is 15.2 Å². The topological polar surface area (TPSA) is 88.1 Å². The molecule has 0 saturated carbocycles. The second kappa shape index (κ2) is 8.65. The van der Waals surface area contributed by atoms with Crippen molar-refractivity contribution in [2.75, 3.05) is 10.2 Å². The van der Waals surface area contributed by atoms with Gasteiger partial charge >= 0.3 is 0 Å². The molecule has 0 bridgehead atoms. The number of aromatic nitrogens is 3.